The predicted molar refractivity (Wildman–Crippen MR) is 48.3 cm³/mol. The Morgan fingerprint density at radius 2 is 1.91 bits per heavy atom. The smallest absolute Gasteiger partial charge is 0.349 e. The summed E-state index contributed by atoms with van der Waals surface area (Å²) in [6.45, 7) is 10.4. The molecule has 0 aliphatic carbocycles. The van der Waals surface area contributed by atoms with Gasteiger partial charge >= 0.3 is 8.56 Å². The number of hydrogen-bond acceptors (Lipinski definition) is 3. The molecule has 3 nitrogen and oxygen atoms in total. The third-order valence-corrected chi connectivity index (χ3v) is 1.91. The van der Waals surface area contributed by atoms with Gasteiger partial charge in [-0.15, -0.1) is 0 Å². The van der Waals surface area contributed by atoms with E-state index < -0.39 is 8.56 Å². The van der Waals surface area contributed by atoms with Gasteiger partial charge in [-0.3, -0.25) is 0 Å². The average Bonchev–Trinajstić information content (AvgIpc) is 1.80. The van der Waals surface area contributed by atoms with Gasteiger partial charge in [0.2, 0.25) is 0 Å². The van der Waals surface area contributed by atoms with Gasteiger partial charge in [0, 0.05) is 12.6 Å². The largest absolute Gasteiger partial charge is 0.410 e. The Morgan fingerprint density at radius 3 is 2.00 bits per heavy atom. The zero-order valence-electron chi connectivity index (χ0n) is 8.09. The van der Waals surface area contributed by atoms with Crippen LogP contribution in [0.15, 0.2) is 0 Å². The highest BCUT2D eigenvalue weighted by Crippen LogP contribution is 2.06. The molecule has 0 aromatic rings. The molecular weight excluding hydrogens is 158 g/mol. The Labute approximate surface area is 70.2 Å². The molecule has 0 atom stereocenters. The lowest BCUT2D eigenvalue weighted by molar-refractivity contribution is -0.105. The lowest BCUT2D eigenvalue weighted by Crippen LogP contribution is -2.43. The molecule has 4 heteroatoms. The second-order valence-corrected chi connectivity index (χ2v) is 6.44. The molecule has 0 fully saturated rings. The van der Waals surface area contributed by atoms with Crippen LogP contribution >= 0.6 is 0 Å². The van der Waals surface area contributed by atoms with Crippen molar-refractivity contribution in [1.82, 2.24) is 5.06 Å². The lowest BCUT2D eigenvalue weighted by Gasteiger charge is -2.29. The Balaban J connectivity index is 3.88. The summed E-state index contributed by atoms with van der Waals surface area (Å²) in [6, 6.07) is 0.332. The predicted octanol–water partition coefficient (Wildman–Crippen LogP) is 1.34. The highest BCUT2D eigenvalue weighted by Gasteiger charge is 2.23. The summed E-state index contributed by atoms with van der Waals surface area (Å²) in [5, 5.41) is 1.81. The first-order valence-electron chi connectivity index (χ1n) is 4.05. The summed E-state index contributed by atoms with van der Waals surface area (Å²) in [7, 11) is -2.38. The third-order valence-electron chi connectivity index (χ3n) is 1.23. The first kappa shape index (κ1) is 11.1. The molecule has 0 saturated heterocycles. The van der Waals surface area contributed by atoms with Gasteiger partial charge in [-0.25, -0.2) is 0 Å². The zero-order valence-corrected chi connectivity index (χ0v) is 9.09. The molecule has 0 unspecified atom stereocenters. The van der Waals surface area contributed by atoms with Crippen LogP contribution in [0, 0.1) is 0 Å². The maximum absolute atomic E-state index is 9.44. The van der Waals surface area contributed by atoms with E-state index in [1.807, 2.05) is 25.8 Å². The van der Waals surface area contributed by atoms with Crippen LogP contribution in [-0.2, 0) is 4.53 Å². The number of hydroxylamine groups is 2. The maximum atomic E-state index is 9.44. The molecule has 0 radical (unpaired) electrons. The fourth-order valence-corrected chi connectivity index (χ4v) is 1.74. The number of hydrogen-bond donors (Lipinski definition) is 1. The minimum Gasteiger partial charge on any atom is -0.410 e. The van der Waals surface area contributed by atoms with Crippen LogP contribution < -0.4 is 0 Å². The van der Waals surface area contributed by atoms with E-state index in [4.69, 9.17) is 4.53 Å². The molecule has 68 valence electrons. The van der Waals surface area contributed by atoms with Crippen molar-refractivity contribution in [2.24, 2.45) is 0 Å². The third kappa shape index (κ3) is 5.38. The molecule has 0 aromatic heterocycles. The van der Waals surface area contributed by atoms with Crippen molar-refractivity contribution < 1.29 is 9.32 Å². The summed E-state index contributed by atoms with van der Waals surface area (Å²) >= 11 is 0. The van der Waals surface area contributed by atoms with Gasteiger partial charge in [0.1, 0.15) is 0 Å². The van der Waals surface area contributed by atoms with Gasteiger partial charge in [-0.1, -0.05) is 6.92 Å². The second kappa shape index (κ2) is 4.20. The first-order chi connectivity index (χ1) is 4.87. The molecule has 1 N–H and O–H groups in total. The molecule has 0 aliphatic rings. The highest BCUT2D eigenvalue weighted by molar-refractivity contribution is 6.62. The van der Waals surface area contributed by atoms with Crippen molar-refractivity contribution in [3.05, 3.63) is 0 Å². The second-order valence-electron chi connectivity index (χ2n) is 3.37. The van der Waals surface area contributed by atoms with Crippen molar-refractivity contribution in [2.45, 2.75) is 39.9 Å². The van der Waals surface area contributed by atoms with Crippen molar-refractivity contribution >= 4 is 8.56 Å². The highest BCUT2D eigenvalue weighted by atomic mass is 28.4. The first-order valence-corrected chi connectivity index (χ1v) is 6.90. The van der Waals surface area contributed by atoms with E-state index in [0.29, 0.717) is 6.04 Å². The molecule has 0 rings (SSSR count). The minimum atomic E-state index is -2.38. The molecule has 0 aromatic carbocycles. The summed E-state index contributed by atoms with van der Waals surface area (Å²) in [6.07, 6.45) is 0. The van der Waals surface area contributed by atoms with E-state index >= 15 is 0 Å². The van der Waals surface area contributed by atoms with Crippen LogP contribution in [0.25, 0.3) is 0 Å². The Bertz CT molecular complexity index is 111. The molecule has 0 amide bonds. The average molecular weight is 177 g/mol. The fraction of sp³-hybridized carbons (Fsp3) is 1.00. The Kier molecular flexibility index (Phi) is 4.24. The molecule has 11 heavy (non-hydrogen) atoms. The molecule has 0 aliphatic heterocycles. The maximum Gasteiger partial charge on any atom is 0.349 e. The Morgan fingerprint density at radius 1 is 1.45 bits per heavy atom. The summed E-state index contributed by atoms with van der Waals surface area (Å²) in [5.74, 6) is 0. The summed E-state index contributed by atoms with van der Waals surface area (Å²) in [5.41, 5.74) is 0. The SMILES string of the molecule is CCN(O[Si](C)(C)O)C(C)C. The fourth-order valence-electron chi connectivity index (χ4n) is 0.822. The molecule has 0 saturated carbocycles. The van der Waals surface area contributed by atoms with Crippen LogP contribution in [0.4, 0.5) is 0 Å². The van der Waals surface area contributed by atoms with Crippen LogP contribution in [0.2, 0.25) is 13.1 Å². The van der Waals surface area contributed by atoms with Crippen molar-refractivity contribution in [2.75, 3.05) is 6.54 Å². The van der Waals surface area contributed by atoms with Crippen molar-refractivity contribution in [3.63, 3.8) is 0 Å². The van der Waals surface area contributed by atoms with Gasteiger partial charge in [0.25, 0.3) is 0 Å². The van der Waals surface area contributed by atoms with E-state index in [1.54, 1.807) is 13.1 Å². The summed E-state index contributed by atoms with van der Waals surface area (Å²) < 4.78 is 5.38. The molecule has 0 bridgehead atoms. The molecular formula is C7H19NO2Si. The Hall–Kier alpha value is 0.0969. The topological polar surface area (TPSA) is 32.7 Å². The van der Waals surface area contributed by atoms with E-state index in [9.17, 15) is 4.80 Å². The van der Waals surface area contributed by atoms with Gasteiger partial charge < -0.3 is 9.32 Å². The van der Waals surface area contributed by atoms with Gasteiger partial charge in [-0.05, 0) is 26.9 Å². The zero-order chi connectivity index (χ0) is 9.07. The van der Waals surface area contributed by atoms with E-state index in [1.165, 1.54) is 0 Å². The van der Waals surface area contributed by atoms with Crippen molar-refractivity contribution in [1.29, 1.82) is 0 Å². The van der Waals surface area contributed by atoms with E-state index in [2.05, 4.69) is 0 Å². The quantitative estimate of drug-likeness (QED) is 0.519. The van der Waals surface area contributed by atoms with Gasteiger partial charge in [0.05, 0.1) is 0 Å². The minimum absolute atomic E-state index is 0.332. The van der Waals surface area contributed by atoms with Crippen molar-refractivity contribution in [3.8, 4) is 0 Å². The molecule has 0 heterocycles. The number of nitrogens with zero attached hydrogens (tertiary/aromatic N) is 1. The van der Waals surface area contributed by atoms with Crippen LogP contribution in [0.3, 0.4) is 0 Å². The molecule has 0 spiro atoms. The lowest BCUT2D eigenvalue weighted by atomic mass is 10.4. The monoisotopic (exact) mass is 177 g/mol. The van der Waals surface area contributed by atoms with Crippen LogP contribution in [0.5, 0.6) is 0 Å². The van der Waals surface area contributed by atoms with Gasteiger partial charge in [-0.2, -0.15) is 5.06 Å². The standard InChI is InChI=1S/C7H19NO2Si/c1-6-8(7(2)3)10-11(4,5)9/h7,9H,6H2,1-5H3. The van der Waals surface area contributed by atoms with E-state index in [-0.39, 0.29) is 0 Å². The number of rotatable bonds is 4. The van der Waals surface area contributed by atoms with Crippen LogP contribution in [-0.4, -0.2) is 31.0 Å². The normalized spacial score (nSPS) is 13.1. The van der Waals surface area contributed by atoms with Crippen LogP contribution in [0.1, 0.15) is 20.8 Å². The summed E-state index contributed by atoms with van der Waals surface area (Å²) in [4.78, 5) is 9.44. The van der Waals surface area contributed by atoms with Gasteiger partial charge in [0.15, 0.2) is 0 Å². The van der Waals surface area contributed by atoms with E-state index in [0.717, 1.165) is 6.54 Å².